The second-order valence-corrected chi connectivity index (χ2v) is 6.82. The summed E-state index contributed by atoms with van der Waals surface area (Å²) in [6.45, 7) is 0.416. The van der Waals surface area contributed by atoms with Crippen molar-refractivity contribution in [3.05, 3.63) is 87.9 Å². The number of hydrogen-bond acceptors (Lipinski definition) is 5. The van der Waals surface area contributed by atoms with Gasteiger partial charge in [-0.25, -0.2) is 9.97 Å². The zero-order valence-corrected chi connectivity index (χ0v) is 16.4. The highest BCUT2D eigenvalue weighted by atomic mass is 35.5. The van der Waals surface area contributed by atoms with Crippen molar-refractivity contribution in [3.8, 4) is 0 Å². The number of nitrogens with two attached hydrogens (primary N) is 1. The SMILES string of the molecule is N/C=C(/C(=O)NCCc1ccco1)c1ncc(Cc2ccc(Cl)c(Cl)c2)cn1. The van der Waals surface area contributed by atoms with Crippen molar-refractivity contribution in [3.63, 3.8) is 0 Å². The third-order valence-electron chi connectivity index (χ3n) is 3.99. The maximum atomic E-state index is 12.4. The van der Waals surface area contributed by atoms with Crippen LogP contribution in [0.25, 0.3) is 5.57 Å². The Morgan fingerprint density at radius 3 is 2.57 bits per heavy atom. The number of aromatic nitrogens is 2. The standard InChI is InChI=1S/C20H18Cl2N4O2/c21-17-4-3-13(9-18(17)22)8-14-11-25-19(26-12-14)16(10-23)20(27)24-6-5-15-2-1-7-28-15/h1-4,7,9-12H,5-6,8,23H2,(H,24,27)/b16-10+. The first-order valence-electron chi connectivity index (χ1n) is 8.54. The van der Waals surface area contributed by atoms with Gasteiger partial charge in [0.05, 0.1) is 21.9 Å². The molecule has 8 heteroatoms. The normalized spacial score (nSPS) is 11.4. The quantitative estimate of drug-likeness (QED) is 0.573. The fraction of sp³-hybridized carbons (Fsp3) is 0.150. The molecule has 0 spiro atoms. The molecule has 2 heterocycles. The van der Waals surface area contributed by atoms with E-state index >= 15 is 0 Å². The fourth-order valence-corrected chi connectivity index (χ4v) is 2.89. The van der Waals surface area contributed by atoms with Crippen LogP contribution in [0.15, 0.2) is 59.6 Å². The van der Waals surface area contributed by atoms with E-state index in [2.05, 4.69) is 15.3 Å². The summed E-state index contributed by atoms with van der Waals surface area (Å²) in [5.41, 5.74) is 7.68. The number of nitrogens with one attached hydrogen (secondary N) is 1. The van der Waals surface area contributed by atoms with Gasteiger partial charge >= 0.3 is 0 Å². The van der Waals surface area contributed by atoms with Gasteiger partial charge in [-0.1, -0.05) is 29.3 Å². The van der Waals surface area contributed by atoms with E-state index in [1.54, 1.807) is 36.9 Å². The lowest BCUT2D eigenvalue weighted by Crippen LogP contribution is -2.27. The van der Waals surface area contributed by atoms with Crippen LogP contribution < -0.4 is 11.1 Å². The van der Waals surface area contributed by atoms with Gasteiger partial charge in [-0.05, 0) is 35.4 Å². The predicted molar refractivity (Wildman–Crippen MR) is 109 cm³/mol. The Labute approximate surface area is 172 Å². The molecule has 0 aliphatic rings. The third-order valence-corrected chi connectivity index (χ3v) is 4.73. The summed E-state index contributed by atoms with van der Waals surface area (Å²) in [7, 11) is 0. The van der Waals surface area contributed by atoms with Crippen LogP contribution in [-0.2, 0) is 17.6 Å². The molecule has 2 aromatic heterocycles. The third kappa shape index (κ3) is 5.12. The van der Waals surface area contributed by atoms with Gasteiger partial charge in [-0.3, -0.25) is 4.79 Å². The van der Waals surface area contributed by atoms with E-state index < -0.39 is 0 Å². The predicted octanol–water partition coefficient (Wildman–Crippen LogP) is 3.63. The fourth-order valence-electron chi connectivity index (χ4n) is 2.57. The number of nitrogens with zero attached hydrogens (tertiary/aromatic N) is 2. The number of furan rings is 1. The van der Waals surface area contributed by atoms with Crippen LogP contribution in [-0.4, -0.2) is 22.4 Å². The van der Waals surface area contributed by atoms with Gasteiger partial charge in [-0.2, -0.15) is 0 Å². The molecule has 3 N–H and O–H groups in total. The summed E-state index contributed by atoms with van der Waals surface area (Å²) < 4.78 is 5.23. The molecule has 3 rings (SSSR count). The van der Waals surface area contributed by atoms with Crippen LogP contribution in [0.2, 0.25) is 10.0 Å². The van der Waals surface area contributed by atoms with Crippen LogP contribution in [0.1, 0.15) is 22.7 Å². The molecule has 0 unspecified atom stereocenters. The average Bonchev–Trinajstić information content (AvgIpc) is 3.20. The Morgan fingerprint density at radius 2 is 1.93 bits per heavy atom. The molecule has 0 radical (unpaired) electrons. The molecule has 144 valence electrons. The summed E-state index contributed by atoms with van der Waals surface area (Å²) in [5, 5.41) is 3.79. The van der Waals surface area contributed by atoms with Crippen molar-refractivity contribution in [2.45, 2.75) is 12.8 Å². The highest BCUT2D eigenvalue weighted by Crippen LogP contribution is 2.23. The van der Waals surface area contributed by atoms with Crippen molar-refractivity contribution in [2.24, 2.45) is 5.73 Å². The Balaban J connectivity index is 1.61. The summed E-state index contributed by atoms with van der Waals surface area (Å²) in [6, 6.07) is 9.09. The molecule has 28 heavy (non-hydrogen) atoms. The second-order valence-electron chi connectivity index (χ2n) is 6.01. The lowest BCUT2D eigenvalue weighted by Gasteiger charge is -2.08. The van der Waals surface area contributed by atoms with E-state index in [4.69, 9.17) is 33.4 Å². The summed E-state index contributed by atoms with van der Waals surface area (Å²) in [6.07, 6.45) is 7.29. The molecule has 6 nitrogen and oxygen atoms in total. The highest BCUT2D eigenvalue weighted by Gasteiger charge is 2.14. The van der Waals surface area contributed by atoms with Gasteiger partial charge in [0.25, 0.3) is 5.91 Å². The lowest BCUT2D eigenvalue weighted by molar-refractivity contribution is -0.115. The molecule has 0 bridgehead atoms. The van der Waals surface area contributed by atoms with Crippen LogP contribution in [0.5, 0.6) is 0 Å². The van der Waals surface area contributed by atoms with E-state index in [9.17, 15) is 4.79 Å². The Morgan fingerprint density at radius 1 is 1.14 bits per heavy atom. The molecule has 1 aromatic carbocycles. The van der Waals surface area contributed by atoms with Gasteiger partial charge < -0.3 is 15.5 Å². The van der Waals surface area contributed by atoms with Gasteiger partial charge in [-0.15, -0.1) is 0 Å². The molecular formula is C20H18Cl2N4O2. The zero-order chi connectivity index (χ0) is 19.9. The van der Waals surface area contributed by atoms with Crippen molar-refractivity contribution in [1.29, 1.82) is 0 Å². The first-order chi connectivity index (χ1) is 13.6. The van der Waals surface area contributed by atoms with Crippen LogP contribution >= 0.6 is 23.2 Å². The summed E-state index contributed by atoms with van der Waals surface area (Å²) in [5.74, 6) is 0.712. The van der Waals surface area contributed by atoms with Crippen molar-refractivity contribution < 1.29 is 9.21 Å². The monoisotopic (exact) mass is 416 g/mol. The van der Waals surface area contributed by atoms with Crippen molar-refractivity contribution in [2.75, 3.05) is 6.54 Å². The molecule has 1 amide bonds. The highest BCUT2D eigenvalue weighted by molar-refractivity contribution is 6.42. The van der Waals surface area contributed by atoms with Crippen LogP contribution in [0, 0.1) is 0 Å². The molecule has 0 fully saturated rings. The molecule has 3 aromatic rings. The second kappa shape index (κ2) is 9.39. The summed E-state index contributed by atoms with van der Waals surface area (Å²) >= 11 is 12.0. The number of amides is 1. The first kappa shape index (κ1) is 19.9. The minimum atomic E-state index is -0.341. The number of carbonyl (C=O) groups is 1. The zero-order valence-electron chi connectivity index (χ0n) is 14.9. The van der Waals surface area contributed by atoms with Crippen molar-refractivity contribution >= 4 is 34.7 Å². The van der Waals surface area contributed by atoms with Crippen molar-refractivity contribution in [1.82, 2.24) is 15.3 Å². The molecule has 0 aliphatic carbocycles. The Hall–Kier alpha value is -2.83. The maximum absolute atomic E-state index is 12.4. The molecule has 0 aliphatic heterocycles. The number of halogens is 2. The van der Waals surface area contributed by atoms with Crippen LogP contribution in [0.3, 0.4) is 0 Å². The van der Waals surface area contributed by atoms with Gasteiger partial charge in [0.15, 0.2) is 5.82 Å². The van der Waals surface area contributed by atoms with E-state index in [0.29, 0.717) is 29.4 Å². The van der Waals surface area contributed by atoms with E-state index in [1.165, 1.54) is 6.20 Å². The topological polar surface area (TPSA) is 94.0 Å². The molecular weight excluding hydrogens is 399 g/mol. The van der Waals surface area contributed by atoms with Gasteiger partial charge in [0.1, 0.15) is 5.76 Å². The lowest BCUT2D eigenvalue weighted by atomic mass is 10.1. The van der Waals surface area contributed by atoms with E-state index in [-0.39, 0.29) is 17.3 Å². The number of benzene rings is 1. The first-order valence-corrected chi connectivity index (χ1v) is 9.30. The van der Waals surface area contributed by atoms with Gasteiger partial charge in [0.2, 0.25) is 0 Å². The number of rotatable bonds is 7. The molecule has 0 saturated carbocycles. The summed E-state index contributed by atoms with van der Waals surface area (Å²) in [4.78, 5) is 20.9. The minimum absolute atomic E-state index is 0.209. The van der Waals surface area contributed by atoms with E-state index in [0.717, 1.165) is 16.9 Å². The van der Waals surface area contributed by atoms with Gasteiger partial charge in [0, 0.05) is 38.0 Å². The maximum Gasteiger partial charge on any atom is 0.256 e. The molecule has 0 saturated heterocycles. The Bertz CT molecular complexity index is 970. The van der Waals surface area contributed by atoms with E-state index in [1.807, 2.05) is 12.1 Å². The molecule has 0 atom stereocenters. The Kier molecular flexibility index (Phi) is 6.68. The number of hydrogen-bond donors (Lipinski definition) is 2. The average molecular weight is 417 g/mol. The largest absolute Gasteiger partial charge is 0.469 e. The minimum Gasteiger partial charge on any atom is -0.469 e. The number of carbonyl (C=O) groups excluding carboxylic acids is 1. The smallest absolute Gasteiger partial charge is 0.256 e. The van der Waals surface area contributed by atoms with Crippen LogP contribution in [0.4, 0.5) is 0 Å².